The van der Waals surface area contributed by atoms with Crippen molar-refractivity contribution in [3.05, 3.63) is 24.3 Å². The van der Waals surface area contributed by atoms with Gasteiger partial charge < -0.3 is 27.9 Å². The van der Waals surface area contributed by atoms with Gasteiger partial charge in [0.05, 0.1) is 27.7 Å². The number of phosphoric ester groups is 1. The maximum absolute atomic E-state index is 12.6. The second kappa shape index (κ2) is 31.5. The minimum atomic E-state index is -4.61. The number of ether oxygens (including phenoxy) is 2. The van der Waals surface area contributed by atoms with E-state index in [9.17, 15) is 19.0 Å². The van der Waals surface area contributed by atoms with Gasteiger partial charge in [-0.25, -0.2) is 0 Å². The number of nitrogens with zero attached hydrogens (tertiary/aromatic N) is 1. The first kappa shape index (κ1) is 46.5. The standard InChI is InChI=1S/C38H72NO8P/c1-6-8-10-12-14-15-16-17-18-19-20-21-22-23-25-27-29-31-38(41)47-36(35-46-48(42,43)45-33-32-39(3,4)5)34-44-37(40)30-28-26-24-13-11-9-7-2/h14-15,17-18,36H,6-13,16,19-35H2,1-5H3/b15-14-,18-17-. The number of rotatable bonds is 34. The van der Waals surface area contributed by atoms with E-state index >= 15 is 0 Å². The van der Waals surface area contributed by atoms with E-state index in [2.05, 4.69) is 38.2 Å². The van der Waals surface area contributed by atoms with Crippen molar-refractivity contribution in [2.45, 2.75) is 161 Å². The van der Waals surface area contributed by atoms with Crippen LogP contribution in [0.15, 0.2) is 24.3 Å². The monoisotopic (exact) mass is 701 g/mol. The molecule has 0 fully saturated rings. The Morgan fingerprint density at radius 1 is 0.646 bits per heavy atom. The Morgan fingerprint density at radius 2 is 1.12 bits per heavy atom. The van der Waals surface area contributed by atoms with E-state index in [-0.39, 0.29) is 26.1 Å². The average Bonchev–Trinajstić information content (AvgIpc) is 3.02. The molecule has 0 aromatic heterocycles. The van der Waals surface area contributed by atoms with Crippen molar-refractivity contribution < 1.29 is 42.1 Å². The van der Waals surface area contributed by atoms with Crippen molar-refractivity contribution in [1.82, 2.24) is 0 Å². The number of likely N-dealkylation sites (N-methyl/N-ethyl adjacent to an activating group) is 1. The zero-order chi connectivity index (χ0) is 35.8. The van der Waals surface area contributed by atoms with Crippen molar-refractivity contribution in [3.63, 3.8) is 0 Å². The van der Waals surface area contributed by atoms with Crippen LogP contribution in [0, 0.1) is 0 Å². The van der Waals surface area contributed by atoms with Gasteiger partial charge in [0.2, 0.25) is 0 Å². The van der Waals surface area contributed by atoms with E-state index in [1.807, 2.05) is 21.1 Å². The quantitative estimate of drug-likeness (QED) is 0.0215. The third-order valence-corrected chi connectivity index (χ3v) is 8.94. The van der Waals surface area contributed by atoms with Gasteiger partial charge in [0.25, 0.3) is 7.82 Å². The first-order valence-electron chi connectivity index (χ1n) is 19.0. The Kier molecular flexibility index (Phi) is 30.5. The van der Waals surface area contributed by atoms with E-state index in [1.165, 1.54) is 70.6 Å². The molecule has 0 aliphatic heterocycles. The Labute approximate surface area is 294 Å². The second-order valence-corrected chi connectivity index (χ2v) is 15.4. The molecule has 0 aromatic carbocycles. The largest absolute Gasteiger partial charge is 0.756 e. The summed E-state index contributed by atoms with van der Waals surface area (Å²) in [5.74, 6) is -0.851. The molecule has 0 radical (unpaired) electrons. The summed E-state index contributed by atoms with van der Waals surface area (Å²) >= 11 is 0. The fraction of sp³-hybridized carbons (Fsp3) is 0.842. The van der Waals surface area contributed by atoms with Gasteiger partial charge in [-0.3, -0.25) is 14.2 Å². The number of carbonyl (C=O) groups is 2. The van der Waals surface area contributed by atoms with Gasteiger partial charge in [-0.1, -0.05) is 122 Å². The Balaban J connectivity index is 4.37. The molecule has 0 bridgehead atoms. The van der Waals surface area contributed by atoms with Gasteiger partial charge in [-0.2, -0.15) is 0 Å². The lowest BCUT2D eigenvalue weighted by Gasteiger charge is -2.28. The zero-order valence-corrected chi connectivity index (χ0v) is 32.3. The van der Waals surface area contributed by atoms with Gasteiger partial charge >= 0.3 is 11.9 Å². The van der Waals surface area contributed by atoms with Crippen LogP contribution in [0.2, 0.25) is 0 Å². The zero-order valence-electron chi connectivity index (χ0n) is 31.4. The molecule has 282 valence electrons. The SMILES string of the molecule is CCCCC/C=C\C/C=C\CCCCCCCCCC(=O)OC(COC(=O)CCCCCCCCC)COP(=O)([O-])OCC[N+](C)(C)C. The Morgan fingerprint density at radius 3 is 1.69 bits per heavy atom. The number of quaternary nitrogens is 1. The first-order chi connectivity index (χ1) is 23.0. The second-order valence-electron chi connectivity index (χ2n) is 13.9. The van der Waals surface area contributed by atoms with E-state index < -0.39 is 32.5 Å². The van der Waals surface area contributed by atoms with Crippen molar-refractivity contribution in [2.24, 2.45) is 0 Å². The summed E-state index contributed by atoms with van der Waals surface area (Å²) in [5, 5.41) is 0. The molecular weight excluding hydrogens is 629 g/mol. The van der Waals surface area contributed by atoms with Crippen LogP contribution in [0.3, 0.4) is 0 Å². The number of phosphoric acid groups is 1. The van der Waals surface area contributed by atoms with Crippen LogP contribution in [-0.2, 0) is 32.7 Å². The van der Waals surface area contributed by atoms with Crippen molar-refractivity contribution in [1.29, 1.82) is 0 Å². The molecule has 0 aromatic rings. The highest BCUT2D eigenvalue weighted by Gasteiger charge is 2.21. The maximum Gasteiger partial charge on any atom is 0.306 e. The molecule has 2 atom stereocenters. The molecule has 0 heterocycles. The molecule has 0 aliphatic carbocycles. The molecule has 0 saturated carbocycles. The molecule has 48 heavy (non-hydrogen) atoms. The minimum absolute atomic E-state index is 0.0314. The predicted octanol–water partition coefficient (Wildman–Crippen LogP) is 9.38. The van der Waals surface area contributed by atoms with Gasteiger partial charge in [0.15, 0.2) is 6.10 Å². The first-order valence-corrected chi connectivity index (χ1v) is 20.5. The molecule has 2 unspecified atom stereocenters. The third kappa shape index (κ3) is 34.4. The molecule has 0 spiro atoms. The molecule has 0 N–H and O–H groups in total. The summed E-state index contributed by atoms with van der Waals surface area (Å²) in [6, 6.07) is 0. The van der Waals surface area contributed by atoms with Gasteiger partial charge in [0, 0.05) is 12.8 Å². The summed E-state index contributed by atoms with van der Waals surface area (Å²) in [7, 11) is 1.16. The van der Waals surface area contributed by atoms with E-state index in [0.717, 1.165) is 51.4 Å². The Hall–Kier alpha value is -1.51. The molecule has 0 aliphatic rings. The number of hydrogen-bond acceptors (Lipinski definition) is 8. The summed E-state index contributed by atoms with van der Waals surface area (Å²) < 4.78 is 33.6. The number of allylic oxidation sites excluding steroid dienone is 4. The smallest absolute Gasteiger partial charge is 0.306 e. The highest BCUT2D eigenvalue weighted by Crippen LogP contribution is 2.38. The number of unbranched alkanes of at least 4 members (excludes halogenated alkanes) is 16. The minimum Gasteiger partial charge on any atom is -0.756 e. The van der Waals surface area contributed by atoms with Crippen LogP contribution in [0.25, 0.3) is 0 Å². The highest BCUT2D eigenvalue weighted by molar-refractivity contribution is 7.45. The molecule has 9 nitrogen and oxygen atoms in total. The summed E-state index contributed by atoms with van der Waals surface area (Å²) in [6.45, 7) is 4.13. The predicted molar refractivity (Wildman–Crippen MR) is 194 cm³/mol. The van der Waals surface area contributed by atoms with Crippen LogP contribution < -0.4 is 4.89 Å². The lowest BCUT2D eigenvalue weighted by Crippen LogP contribution is -2.37. The van der Waals surface area contributed by atoms with E-state index in [0.29, 0.717) is 17.4 Å². The van der Waals surface area contributed by atoms with Crippen molar-refractivity contribution >= 4 is 19.8 Å². The summed E-state index contributed by atoms with van der Waals surface area (Å²) in [4.78, 5) is 37.2. The maximum atomic E-state index is 12.6. The van der Waals surface area contributed by atoms with Crippen LogP contribution >= 0.6 is 7.82 Å². The number of hydrogen-bond donors (Lipinski definition) is 0. The van der Waals surface area contributed by atoms with Gasteiger partial charge in [0.1, 0.15) is 19.8 Å². The van der Waals surface area contributed by atoms with Crippen LogP contribution in [-0.4, -0.2) is 70.0 Å². The summed E-state index contributed by atoms with van der Waals surface area (Å²) in [5.41, 5.74) is 0. The average molecular weight is 702 g/mol. The fourth-order valence-corrected chi connectivity index (χ4v) is 5.65. The lowest BCUT2D eigenvalue weighted by atomic mass is 10.1. The van der Waals surface area contributed by atoms with Crippen LogP contribution in [0.4, 0.5) is 0 Å². The topological polar surface area (TPSA) is 111 Å². The normalized spacial score (nSPS) is 14.0. The van der Waals surface area contributed by atoms with E-state index in [4.69, 9.17) is 18.5 Å². The molecule has 0 saturated heterocycles. The van der Waals surface area contributed by atoms with Gasteiger partial charge in [-0.05, 0) is 44.9 Å². The fourth-order valence-electron chi connectivity index (χ4n) is 4.92. The van der Waals surface area contributed by atoms with Gasteiger partial charge in [-0.15, -0.1) is 0 Å². The lowest BCUT2D eigenvalue weighted by molar-refractivity contribution is -0.870. The van der Waals surface area contributed by atoms with Crippen LogP contribution in [0.5, 0.6) is 0 Å². The van der Waals surface area contributed by atoms with Crippen molar-refractivity contribution in [3.8, 4) is 0 Å². The molecule has 0 amide bonds. The van der Waals surface area contributed by atoms with E-state index in [1.54, 1.807) is 0 Å². The summed E-state index contributed by atoms with van der Waals surface area (Å²) in [6.07, 6.45) is 30.8. The Bertz CT molecular complexity index is 886. The number of esters is 2. The molecule has 10 heteroatoms. The highest BCUT2D eigenvalue weighted by atomic mass is 31.2. The van der Waals surface area contributed by atoms with Crippen LogP contribution in [0.1, 0.15) is 155 Å². The number of carbonyl (C=O) groups excluding carboxylic acids is 2. The molecular formula is C38H72NO8P. The van der Waals surface area contributed by atoms with Crippen molar-refractivity contribution in [2.75, 3.05) is 47.5 Å². The molecule has 0 rings (SSSR count). The third-order valence-electron chi connectivity index (χ3n) is 7.97.